The number of methoxy groups -OCH3 is 1. The molecule has 3 amide bonds. The average Bonchev–Trinajstić information content (AvgIpc) is 2.87. The van der Waals surface area contributed by atoms with Crippen LogP contribution in [0.3, 0.4) is 0 Å². The summed E-state index contributed by atoms with van der Waals surface area (Å²) in [6, 6.07) is 12.9. The van der Waals surface area contributed by atoms with Crippen LogP contribution < -0.4 is 20.3 Å². The number of piperazine rings is 2. The molecule has 0 aliphatic carbocycles. The molecule has 2 aliphatic rings. The SMILES string of the molecule is COc1cccc(N2CCN(CC(=O)N3CCNC(=O)C3CC(=O)Nc3ccc(C)cc3C)CC2)c1. The summed E-state index contributed by atoms with van der Waals surface area (Å²) in [6.07, 6.45) is -0.0749. The van der Waals surface area contributed by atoms with Crippen LogP contribution in [0.4, 0.5) is 11.4 Å². The maximum atomic E-state index is 13.2. The number of ether oxygens (including phenoxy) is 1. The highest BCUT2D eigenvalue weighted by Gasteiger charge is 2.35. The van der Waals surface area contributed by atoms with Crippen molar-refractivity contribution in [1.29, 1.82) is 0 Å². The van der Waals surface area contributed by atoms with Crippen molar-refractivity contribution in [2.45, 2.75) is 26.3 Å². The maximum absolute atomic E-state index is 13.2. The summed E-state index contributed by atoms with van der Waals surface area (Å²) in [5.74, 6) is 0.132. The number of hydrogen-bond acceptors (Lipinski definition) is 6. The number of aryl methyl sites for hydroxylation is 2. The van der Waals surface area contributed by atoms with E-state index in [0.717, 1.165) is 48.7 Å². The molecule has 2 aromatic carbocycles. The van der Waals surface area contributed by atoms with E-state index in [4.69, 9.17) is 4.74 Å². The normalized spacial score (nSPS) is 18.5. The molecule has 1 atom stereocenters. The van der Waals surface area contributed by atoms with Gasteiger partial charge >= 0.3 is 0 Å². The molecule has 1 unspecified atom stereocenters. The predicted molar refractivity (Wildman–Crippen MR) is 139 cm³/mol. The molecule has 36 heavy (non-hydrogen) atoms. The fourth-order valence-corrected chi connectivity index (χ4v) is 4.80. The molecule has 9 nitrogen and oxygen atoms in total. The lowest BCUT2D eigenvalue weighted by molar-refractivity contribution is -0.145. The van der Waals surface area contributed by atoms with E-state index in [9.17, 15) is 14.4 Å². The van der Waals surface area contributed by atoms with Crippen LogP contribution in [0.25, 0.3) is 0 Å². The van der Waals surface area contributed by atoms with Crippen molar-refractivity contribution >= 4 is 29.1 Å². The average molecular weight is 494 g/mol. The van der Waals surface area contributed by atoms with Crippen molar-refractivity contribution < 1.29 is 19.1 Å². The Labute approximate surface area is 212 Å². The highest BCUT2D eigenvalue weighted by molar-refractivity contribution is 5.98. The summed E-state index contributed by atoms with van der Waals surface area (Å²) >= 11 is 0. The summed E-state index contributed by atoms with van der Waals surface area (Å²) in [6.45, 7) is 8.01. The smallest absolute Gasteiger partial charge is 0.243 e. The van der Waals surface area contributed by atoms with E-state index in [1.165, 1.54) is 0 Å². The minimum absolute atomic E-state index is 0.0749. The van der Waals surface area contributed by atoms with Crippen LogP contribution in [0.1, 0.15) is 17.5 Å². The van der Waals surface area contributed by atoms with Gasteiger partial charge in [0.25, 0.3) is 0 Å². The second kappa shape index (κ2) is 11.4. The van der Waals surface area contributed by atoms with E-state index >= 15 is 0 Å². The molecule has 2 N–H and O–H groups in total. The fraction of sp³-hybridized carbons (Fsp3) is 0.444. The van der Waals surface area contributed by atoms with Crippen molar-refractivity contribution in [3.05, 3.63) is 53.6 Å². The van der Waals surface area contributed by atoms with E-state index < -0.39 is 6.04 Å². The van der Waals surface area contributed by atoms with Gasteiger partial charge in [-0.05, 0) is 37.6 Å². The molecule has 2 aromatic rings. The molecule has 0 radical (unpaired) electrons. The van der Waals surface area contributed by atoms with E-state index in [1.54, 1.807) is 12.0 Å². The number of anilines is 2. The van der Waals surface area contributed by atoms with Gasteiger partial charge < -0.3 is 25.2 Å². The van der Waals surface area contributed by atoms with Gasteiger partial charge in [-0.2, -0.15) is 0 Å². The van der Waals surface area contributed by atoms with Crippen LogP contribution >= 0.6 is 0 Å². The Hall–Kier alpha value is -3.59. The fourth-order valence-electron chi connectivity index (χ4n) is 4.80. The van der Waals surface area contributed by atoms with E-state index in [0.29, 0.717) is 18.8 Å². The summed E-state index contributed by atoms with van der Waals surface area (Å²) in [7, 11) is 1.66. The number of rotatable bonds is 7. The van der Waals surface area contributed by atoms with Crippen LogP contribution in [0.2, 0.25) is 0 Å². The Kier molecular flexibility index (Phi) is 8.10. The molecule has 0 saturated carbocycles. The maximum Gasteiger partial charge on any atom is 0.243 e. The first-order chi connectivity index (χ1) is 17.3. The van der Waals surface area contributed by atoms with Gasteiger partial charge in [0.1, 0.15) is 11.8 Å². The van der Waals surface area contributed by atoms with Crippen molar-refractivity contribution in [2.24, 2.45) is 0 Å². The highest BCUT2D eigenvalue weighted by Crippen LogP contribution is 2.22. The van der Waals surface area contributed by atoms with E-state index in [-0.39, 0.29) is 30.7 Å². The molecule has 4 rings (SSSR count). The third-order valence-corrected chi connectivity index (χ3v) is 6.84. The number of amides is 3. The molecular weight excluding hydrogens is 458 g/mol. The number of nitrogens with one attached hydrogen (secondary N) is 2. The third kappa shape index (κ3) is 6.15. The molecular formula is C27H35N5O4. The number of hydrogen-bond donors (Lipinski definition) is 2. The largest absolute Gasteiger partial charge is 0.497 e. The summed E-state index contributed by atoms with van der Waals surface area (Å²) in [5.41, 5.74) is 3.88. The van der Waals surface area contributed by atoms with Gasteiger partial charge in [0.15, 0.2) is 0 Å². The lowest BCUT2D eigenvalue weighted by atomic mass is 10.1. The molecule has 9 heteroatoms. The van der Waals surface area contributed by atoms with Crippen molar-refractivity contribution in [1.82, 2.24) is 15.1 Å². The molecule has 0 aromatic heterocycles. The Morgan fingerprint density at radius 1 is 1.06 bits per heavy atom. The number of carbonyl (C=O) groups is 3. The minimum Gasteiger partial charge on any atom is -0.497 e. The Bertz CT molecular complexity index is 1110. The highest BCUT2D eigenvalue weighted by atomic mass is 16.5. The van der Waals surface area contributed by atoms with Gasteiger partial charge in [0.05, 0.1) is 20.1 Å². The zero-order chi connectivity index (χ0) is 25.7. The zero-order valence-corrected chi connectivity index (χ0v) is 21.3. The first-order valence-corrected chi connectivity index (χ1v) is 12.4. The van der Waals surface area contributed by atoms with E-state index in [1.807, 2.05) is 50.2 Å². The van der Waals surface area contributed by atoms with Gasteiger partial charge in [-0.15, -0.1) is 0 Å². The van der Waals surface area contributed by atoms with Crippen LogP contribution in [0, 0.1) is 13.8 Å². The Balaban J connectivity index is 1.33. The first kappa shape index (κ1) is 25.5. The van der Waals surface area contributed by atoms with Crippen LogP contribution in [-0.4, -0.2) is 86.5 Å². The minimum atomic E-state index is -0.810. The lowest BCUT2D eigenvalue weighted by Crippen LogP contribution is -2.60. The van der Waals surface area contributed by atoms with Crippen LogP contribution in [-0.2, 0) is 14.4 Å². The standard InChI is InChI=1S/C27H35N5O4/c1-19-7-8-23(20(2)15-19)29-25(33)17-24-27(35)28-9-10-32(24)26(34)18-30-11-13-31(14-12-30)21-5-4-6-22(16-21)36-3/h4-8,15-16,24H,9-14,17-18H2,1-3H3,(H,28,35)(H,29,33). The van der Waals surface area contributed by atoms with Gasteiger partial charge in [-0.1, -0.05) is 23.8 Å². The molecule has 192 valence electrons. The number of benzene rings is 2. The zero-order valence-electron chi connectivity index (χ0n) is 21.3. The van der Waals surface area contributed by atoms with E-state index in [2.05, 4.69) is 26.5 Å². The van der Waals surface area contributed by atoms with Crippen LogP contribution in [0.15, 0.2) is 42.5 Å². The topological polar surface area (TPSA) is 94.2 Å². The quantitative estimate of drug-likeness (QED) is 0.611. The second-order valence-corrected chi connectivity index (χ2v) is 9.43. The molecule has 0 bridgehead atoms. The predicted octanol–water partition coefficient (Wildman–Crippen LogP) is 1.79. The van der Waals surface area contributed by atoms with Gasteiger partial charge in [0.2, 0.25) is 17.7 Å². The van der Waals surface area contributed by atoms with Crippen LogP contribution in [0.5, 0.6) is 5.75 Å². The van der Waals surface area contributed by atoms with Crippen molar-refractivity contribution in [3.63, 3.8) is 0 Å². The molecule has 2 heterocycles. The lowest BCUT2D eigenvalue weighted by Gasteiger charge is -2.39. The van der Waals surface area contributed by atoms with Gasteiger partial charge in [-0.3, -0.25) is 19.3 Å². The summed E-state index contributed by atoms with van der Waals surface area (Å²) in [5, 5.41) is 5.69. The second-order valence-electron chi connectivity index (χ2n) is 9.43. The molecule has 2 aliphatic heterocycles. The molecule has 2 saturated heterocycles. The molecule has 0 spiro atoms. The first-order valence-electron chi connectivity index (χ1n) is 12.4. The molecule has 2 fully saturated rings. The van der Waals surface area contributed by atoms with Gasteiger partial charge in [-0.25, -0.2) is 0 Å². The van der Waals surface area contributed by atoms with Crippen molar-refractivity contribution in [2.75, 3.05) is 63.1 Å². The number of nitrogens with zero attached hydrogens (tertiary/aromatic N) is 3. The summed E-state index contributed by atoms with van der Waals surface area (Å²) in [4.78, 5) is 44.6. The summed E-state index contributed by atoms with van der Waals surface area (Å²) < 4.78 is 5.33. The third-order valence-electron chi connectivity index (χ3n) is 6.84. The monoisotopic (exact) mass is 493 g/mol. The Morgan fingerprint density at radius 3 is 2.56 bits per heavy atom. The Morgan fingerprint density at radius 2 is 1.83 bits per heavy atom. The van der Waals surface area contributed by atoms with Gasteiger partial charge in [0, 0.05) is 56.7 Å². The number of carbonyl (C=O) groups excluding carboxylic acids is 3. The van der Waals surface area contributed by atoms with Crippen molar-refractivity contribution in [3.8, 4) is 5.75 Å².